The Morgan fingerprint density at radius 1 is 0.286 bits per heavy atom. The standard InChI is InChI=1S/C63H56/c1-7-61(8-2)50-31-21-19-29-47(50)56-58(61)55-48-30-20-22-32-51(48)62(9-3,10-4)59(55)57-49-38-42(35-36-52(49)63(11-5,12-6)60(56)57)54-45-27-17-15-25-43(45)53(44-26-16-18-28-46(44)54)41-34-33-39-23-13-14-24-40(39)37-41/h13-38H,7-12H2,1-6H3. The van der Waals surface area contributed by atoms with E-state index in [0.717, 1.165) is 38.5 Å². The predicted molar refractivity (Wildman–Crippen MR) is 270 cm³/mol. The van der Waals surface area contributed by atoms with E-state index in [-0.39, 0.29) is 16.2 Å². The van der Waals surface area contributed by atoms with Crippen LogP contribution in [0.2, 0.25) is 0 Å². The molecule has 0 radical (unpaired) electrons. The fourth-order valence-corrected chi connectivity index (χ4v) is 14.0. The molecule has 0 amide bonds. The van der Waals surface area contributed by atoms with Crippen LogP contribution in [-0.2, 0) is 16.2 Å². The Labute approximate surface area is 373 Å². The van der Waals surface area contributed by atoms with Crippen LogP contribution in [0.15, 0.2) is 158 Å². The van der Waals surface area contributed by atoms with Gasteiger partial charge in [0.05, 0.1) is 0 Å². The van der Waals surface area contributed by atoms with Crippen LogP contribution >= 0.6 is 0 Å². The first-order chi connectivity index (χ1) is 30.9. The van der Waals surface area contributed by atoms with E-state index in [1.54, 1.807) is 33.4 Å². The molecular formula is C63H56. The second-order valence-corrected chi connectivity index (χ2v) is 18.9. The summed E-state index contributed by atoms with van der Waals surface area (Å²) in [5, 5.41) is 7.76. The van der Waals surface area contributed by atoms with E-state index in [1.807, 2.05) is 0 Å². The quantitative estimate of drug-likeness (QED) is 0.134. The van der Waals surface area contributed by atoms with Gasteiger partial charge in [0.2, 0.25) is 0 Å². The molecule has 0 atom stereocenters. The number of benzene rings is 9. The van der Waals surface area contributed by atoms with Gasteiger partial charge in [0.25, 0.3) is 0 Å². The Bertz CT molecular complexity index is 3270. The Kier molecular flexibility index (Phi) is 8.47. The summed E-state index contributed by atoms with van der Waals surface area (Å²) in [7, 11) is 0. The van der Waals surface area contributed by atoms with Gasteiger partial charge in [-0.05, 0) is 172 Å². The van der Waals surface area contributed by atoms with E-state index in [9.17, 15) is 0 Å². The third kappa shape index (κ3) is 4.72. The molecule has 3 aliphatic rings. The molecule has 308 valence electrons. The molecule has 3 aliphatic carbocycles. The van der Waals surface area contributed by atoms with Crippen LogP contribution in [0.5, 0.6) is 0 Å². The first-order valence-corrected chi connectivity index (χ1v) is 24.0. The monoisotopic (exact) mass is 812 g/mol. The van der Waals surface area contributed by atoms with Crippen molar-refractivity contribution in [1.29, 1.82) is 0 Å². The highest BCUT2D eigenvalue weighted by atomic mass is 14.6. The van der Waals surface area contributed by atoms with E-state index in [0.29, 0.717) is 0 Å². The molecule has 63 heavy (non-hydrogen) atoms. The van der Waals surface area contributed by atoms with Gasteiger partial charge in [-0.1, -0.05) is 187 Å². The van der Waals surface area contributed by atoms with Gasteiger partial charge in [0.15, 0.2) is 0 Å². The summed E-state index contributed by atoms with van der Waals surface area (Å²) in [6.45, 7) is 14.8. The summed E-state index contributed by atoms with van der Waals surface area (Å²) >= 11 is 0. The second-order valence-electron chi connectivity index (χ2n) is 18.9. The van der Waals surface area contributed by atoms with Gasteiger partial charge >= 0.3 is 0 Å². The average molecular weight is 813 g/mol. The molecule has 0 spiro atoms. The lowest BCUT2D eigenvalue weighted by molar-refractivity contribution is 0.473. The molecule has 0 bridgehead atoms. The lowest BCUT2D eigenvalue weighted by atomic mass is 9.65. The topological polar surface area (TPSA) is 0 Å². The van der Waals surface area contributed by atoms with Crippen LogP contribution in [0, 0.1) is 0 Å². The highest BCUT2D eigenvalue weighted by Gasteiger charge is 2.56. The SMILES string of the molecule is CCC1(CC)c2ccccc2-c2c1c1c(c3c2C(CC)(CC)c2ccc(-c4c5ccccc5c(-c5ccc6ccccc6c5)c5ccccc45)cc2-3)C(CC)(CC)c2ccccc2-1. The summed E-state index contributed by atoms with van der Waals surface area (Å²) in [5.41, 5.74) is 23.5. The molecule has 0 heterocycles. The highest BCUT2D eigenvalue weighted by Crippen LogP contribution is 2.70. The third-order valence-corrected chi connectivity index (χ3v) is 17.0. The maximum absolute atomic E-state index is 2.66. The van der Waals surface area contributed by atoms with Crippen molar-refractivity contribution in [2.75, 3.05) is 0 Å². The van der Waals surface area contributed by atoms with Gasteiger partial charge < -0.3 is 0 Å². The highest BCUT2D eigenvalue weighted by molar-refractivity contribution is 6.22. The van der Waals surface area contributed by atoms with E-state index < -0.39 is 0 Å². The number of hydrogen-bond acceptors (Lipinski definition) is 0. The zero-order valence-corrected chi connectivity index (χ0v) is 37.8. The molecule has 12 rings (SSSR count). The minimum Gasteiger partial charge on any atom is -0.0642 e. The largest absolute Gasteiger partial charge is 0.0642 e. The van der Waals surface area contributed by atoms with E-state index in [2.05, 4.69) is 199 Å². The van der Waals surface area contributed by atoms with Crippen molar-refractivity contribution >= 4 is 32.3 Å². The Morgan fingerprint density at radius 3 is 1.10 bits per heavy atom. The van der Waals surface area contributed by atoms with Gasteiger partial charge in [0, 0.05) is 16.2 Å². The van der Waals surface area contributed by atoms with E-state index >= 15 is 0 Å². The molecule has 0 saturated heterocycles. The molecule has 0 N–H and O–H groups in total. The molecule has 0 fully saturated rings. The van der Waals surface area contributed by atoms with Crippen LogP contribution in [0.3, 0.4) is 0 Å². The lowest BCUT2D eigenvalue weighted by Crippen LogP contribution is -2.29. The van der Waals surface area contributed by atoms with Crippen molar-refractivity contribution in [1.82, 2.24) is 0 Å². The van der Waals surface area contributed by atoms with Crippen molar-refractivity contribution < 1.29 is 0 Å². The first-order valence-electron chi connectivity index (χ1n) is 24.0. The maximum Gasteiger partial charge on any atom is 0.0216 e. The fraction of sp³-hybridized carbons (Fsp3) is 0.238. The minimum atomic E-state index is -0.112. The van der Waals surface area contributed by atoms with E-state index in [1.165, 1.54) is 88.0 Å². The predicted octanol–water partition coefficient (Wildman–Crippen LogP) is 17.7. The Balaban J connectivity index is 1.23. The van der Waals surface area contributed by atoms with Crippen molar-refractivity contribution in [3.8, 4) is 55.6 Å². The Hall–Kier alpha value is -6.24. The summed E-state index contributed by atoms with van der Waals surface area (Å²) < 4.78 is 0. The molecule has 0 heteroatoms. The number of hydrogen-bond donors (Lipinski definition) is 0. The molecule has 0 unspecified atom stereocenters. The molecule has 9 aromatic rings. The van der Waals surface area contributed by atoms with Crippen LogP contribution in [0.25, 0.3) is 88.0 Å². The van der Waals surface area contributed by atoms with Crippen LogP contribution in [0.4, 0.5) is 0 Å². The minimum absolute atomic E-state index is 0.0481. The molecule has 0 aliphatic heterocycles. The molecule has 0 aromatic heterocycles. The first kappa shape index (κ1) is 38.4. The van der Waals surface area contributed by atoms with Crippen molar-refractivity contribution in [2.45, 2.75) is 96.3 Å². The Morgan fingerprint density at radius 2 is 0.635 bits per heavy atom. The summed E-state index contributed by atoms with van der Waals surface area (Å²) in [6.07, 6.45) is 6.44. The lowest BCUT2D eigenvalue weighted by Gasteiger charge is -2.37. The van der Waals surface area contributed by atoms with Crippen molar-refractivity contribution in [3.05, 3.63) is 191 Å². The second kappa shape index (κ2) is 13.9. The van der Waals surface area contributed by atoms with Crippen LogP contribution in [-0.4, -0.2) is 0 Å². The van der Waals surface area contributed by atoms with Gasteiger partial charge in [-0.25, -0.2) is 0 Å². The summed E-state index contributed by atoms with van der Waals surface area (Å²) in [6, 6.07) is 61.0. The zero-order valence-electron chi connectivity index (χ0n) is 37.8. The normalized spacial score (nSPS) is 15.6. The van der Waals surface area contributed by atoms with Gasteiger partial charge in [-0.2, -0.15) is 0 Å². The van der Waals surface area contributed by atoms with Crippen molar-refractivity contribution in [3.63, 3.8) is 0 Å². The average Bonchev–Trinajstić information content (AvgIpc) is 3.92. The smallest absolute Gasteiger partial charge is 0.0216 e. The summed E-state index contributed by atoms with van der Waals surface area (Å²) in [4.78, 5) is 0. The molecular weight excluding hydrogens is 757 g/mol. The van der Waals surface area contributed by atoms with E-state index in [4.69, 9.17) is 0 Å². The number of rotatable bonds is 8. The maximum atomic E-state index is 2.66. The fourth-order valence-electron chi connectivity index (χ4n) is 14.0. The third-order valence-electron chi connectivity index (χ3n) is 17.0. The van der Waals surface area contributed by atoms with Gasteiger partial charge in [-0.15, -0.1) is 0 Å². The van der Waals surface area contributed by atoms with Crippen LogP contribution < -0.4 is 0 Å². The number of fused-ring (bicyclic) bond motifs is 15. The zero-order chi connectivity index (χ0) is 42.8. The van der Waals surface area contributed by atoms with Gasteiger partial charge in [-0.3, -0.25) is 0 Å². The molecule has 0 nitrogen and oxygen atoms in total. The van der Waals surface area contributed by atoms with Crippen molar-refractivity contribution in [2.24, 2.45) is 0 Å². The summed E-state index contributed by atoms with van der Waals surface area (Å²) in [5.74, 6) is 0. The molecule has 9 aromatic carbocycles. The van der Waals surface area contributed by atoms with Crippen LogP contribution in [0.1, 0.15) is 113 Å². The molecule has 0 saturated carbocycles. The van der Waals surface area contributed by atoms with Gasteiger partial charge in [0.1, 0.15) is 0 Å².